The zero-order valence-corrected chi connectivity index (χ0v) is 18.7. The van der Waals surface area contributed by atoms with Crippen molar-refractivity contribution < 1.29 is 35.9 Å². The van der Waals surface area contributed by atoms with Crippen molar-refractivity contribution in [2.45, 2.75) is 31.7 Å². The average Bonchev–Trinajstić information content (AvgIpc) is 2.80. The molecule has 3 heterocycles. The lowest BCUT2D eigenvalue weighted by Gasteiger charge is -2.28. The molecule has 0 radical (unpaired) electrons. The number of carbonyl (C=O) groups excluding carboxylic acids is 1. The number of H-pyrrole nitrogens is 1. The number of anilines is 2. The van der Waals surface area contributed by atoms with Crippen molar-refractivity contribution in [3.05, 3.63) is 52.5 Å². The molecule has 1 aliphatic heterocycles. The maximum atomic E-state index is 13.1. The van der Waals surface area contributed by atoms with Gasteiger partial charge in [-0.1, -0.05) is 0 Å². The topological polar surface area (TPSA) is 116 Å². The van der Waals surface area contributed by atoms with Crippen molar-refractivity contribution >= 4 is 17.5 Å². The van der Waals surface area contributed by atoms with Gasteiger partial charge in [-0.2, -0.15) is 31.4 Å². The van der Waals surface area contributed by atoms with Crippen LogP contribution in [0.5, 0.6) is 0 Å². The van der Waals surface area contributed by atoms with Crippen LogP contribution in [0.3, 0.4) is 0 Å². The first-order chi connectivity index (χ1) is 16.9. The van der Waals surface area contributed by atoms with E-state index in [-0.39, 0.29) is 44.6 Å². The summed E-state index contributed by atoms with van der Waals surface area (Å²) in [5, 5.41) is 7.64. The Morgan fingerprint density at radius 3 is 2.39 bits per heavy atom. The molecule has 0 unspecified atom stereocenters. The number of hydrogen-bond donors (Lipinski definition) is 2. The Labute approximate surface area is 200 Å². The van der Waals surface area contributed by atoms with E-state index in [1.165, 1.54) is 29.1 Å². The number of nitrogens with zero attached hydrogens (tertiary/aromatic N) is 5. The standard InChI is InChI=1S/C20H21F6N7O3/c1-12(30-14-10-29-31-17(35)16(14)20(24,25)26)11-36-7-2-15(34)32-3-5-33(6-4-32)18-27-8-13(9-28-18)19(21,22)23/h3,5,8-10,12H,2,4,6-7,11H2,1H3,(H2,30,31,35)/t12-/m0/s1. The van der Waals surface area contributed by atoms with Crippen molar-refractivity contribution in [3.8, 4) is 0 Å². The molecule has 2 N–H and O–H groups in total. The van der Waals surface area contributed by atoms with E-state index < -0.39 is 40.8 Å². The number of rotatable bonds is 8. The highest BCUT2D eigenvalue weighted by molar-refractivity contribution is 5.77. The van der Waals surface area contributed by atoms with E-state index in [2.05, 4.69) is 20.4 Å². The van der Waals surface area contributed by atoms with Crippen LogP contribution in [-0.2, 0) is 21.9 Å². The summed E-state index contributed by atoms with van der Waals surface area (Å²) in [5.41, 5.74) is -4.22. The van der Waals surface area contributed by atoms with Crippen LogP contribution in [0.15, 0.2) is 35.8 Å². The Kier molecular flexibility index (Phi) is 8.17. The molecule has 1 amide bonds. The van der Waals surface area contributed by atoms with E-state index >= 15 is 0 Å². The third kappa shape index (κ3) is 6.93. The van der Waals surface area contributed by atoms with Gasteiger partial charge in [-0.05, 0) is 6.92 Å². The molecular formula is C20H21F6N7O3. The second-order valence-electron chi connectivity index (χ2n) is 7.70. The van der Waals surface area contributed by atoms with Crippen LogP contribution in [0.25, 0.3) is 0 Å². The summed E-state index contributed by atoms with van der Waals surface area (Å²) in [6, 6.07) is -0.628. The van der Waals surface area contributed by atoms with Gasteiger partial charge in [0.25, 0.3) is 5.56 Å². The van der Waals surface area contributed by atoms with Crippen LogP contribution in [-0.4, -0.2) is 63.3 Å². The van der Waals surface area contributed by atoms with Crippen LogP contribution in [0, 0.1) is 0 Å². The van der Waals surface area contributed by atoms with Gasteiger partial charge in [-0.15, -0.1) is 0 Å². The Morgan fingerprint density at radius 1 is 1.11 bits per heavy atom. The zero-order chi connectivity index (χ0) is 26.5. The van der Waals surface area contributed by atoms with Gasteiger partial charge >= 0.3 is 12.4 Å². The molecule has 0 spiro atoms. The fourth-order valence-corrected chi connectivity index (χ4v) is 3.18. The van der Waals surface area contributed by atoms with E-state index in [9.17, 15) is 35.9 Å². The van der Waals surface area contributed by atoms with Crippen molar-refractivity contribution in [1.82, 2.24) is 25.1 Å². The SMILES string of the molecule is C[C@@H](COCCC(=O)N1C=CN(c2ncc(C(F)(F)F)cn2)CC1)Nc1cn[nH]c(=O)c1C(F)(F)F. The van der Waals surface area contributed by atoms with Crippen LogP contribution >= 0.6 is 0 Å². The van der Waals surface area contributed by atoms with Gasteiger partial charge in [0, 0.05) is 43.9 Å². The minimum atomic E-state index is -4.87. The van der Waals surface area contributed by atoms with Gasteiger partial charge in [0.1, 0.15) is 5.56 Å². The van der Waals surface area contributed by atoms with E-state index in [4.69, 9.17) is 4.74 Å². The normalized spacial score (nSPS) is 15.2. The molecule has 2 aromatic heterocycles. The number of ether oxygens (including phenoxy) is 1. The number of hydrogen-bond acceptors (Lipinski definition) is 8. The molecule has 0 saturated carbocycles. The van der Waals surface area contributed by atoms with E-state index in [0.717, 1.165) is 6.20 Å². The lowest BCUT2D eigenvalue weighted by Crippen LogP contribution is -2.39. The molecule has 0 aromatic carbocycles. The van der Waals surface area contributed by atoms with Gasteiger partial charge in [0.2, 0.25) is 11.9 Å². The molecule has 1 aliphatic rings. The van der Waals surface area contributed by atoms with Gasteiger partial charge in [0.15, 0.2) is 0 Å². The number of alkyl halides is 6. The first-order valence-corrected chi connectivity index (χ1v) is 10.5. The highest BCUT2D eigenvalue weighted by Crippen LogP contribution is 2.31. The summed E-state index contributed by atoms with van der Waals surface area (Å²) >= 11 is 0. The molecule has 36 heavy (non-hydrogen) atoms. The van der Waals surface area contributed by atoms with Gasteiger partial charge in [-0.25, -0.2) is 15.1 Å². The van der Waals surface area contributed by atoms with E-state index in [1.807, 2.05) is 0 Å². The minimum Gasteiger partial charge on any atom is -0.379 e. The third-order valence-corrected chi connectivity index (χ3v) is 4.92. The molecule has 1 atom stereocenters. The van der Waals surface area contributed by atoms with Gasteiger partial charge in [-0.3, -0.25) is 9.59 Å². The number of amides is 1. The average molecular weight is 521 g/mol. The van der Waals surface area contributed by atoms with E-state index in [1.54, 1.807) is 5.10 Å². The molecule has 16 heteroatoms. The minimum absolute atomic E-state index is 0.0132. The van der Waals surface area contributed by atoms with Crippen LogP contribution in [0.2, 0.25) is 0 Å². The number of carbonyl (C=O) groups is 1. The summed E-state index contributed by atoms with van der Waals surface area (Å²) in [7, 11) is 0. The maximum Gasteiger partial charge on any atom is 0.423 e. The molecular weight excluding hydrogens is 500 g/mol. The van der Waals surface area contributed by atoms with Crippen molar-refractivity contribution in [2.75, 3.05) is 36.5 Å². The molecule has 0 bridgehead atoms. The first kappa shape index (κ1) is 26.9. The Bertz CT molecular complexity index is 1130. The Balaban J connectivity index is 1.44. The molecule has 10 nitrogen and oxygen atoms in total. The molecule has 196 valence electrons. The quantitative estimate of drug-likeness (QED) is 0.403. The maximum absolute atomic E-state index is 13.1. The summed E-state index contributed by atoms with van der Waals surface area (Å²) in [6.45, 7) is 1.95. The highest BCUT2D eigenvalue weighted by Gasteiger charge is 2.37. The zero-order valence-electron chi connectivity index (χ0n) is 18.7. The molecule has 0 saturated heterocycles. The lowest BCUT2D eigenvalue weighted by molar-refractivity contribution is -0.139. The van der Waals surface area contributed by atoms with E-state index in [0.29, 0.717) is 12.4 Å². The van der Waals surface area contributed by atoms with Crippen LogP contribution in [0.1, 0.15) is 24.5 Å². The molecule has 0 aliphatic carbocycles. The van der Waals surface area contributed by atoms with Crippen LogP contribution in [0.4, 0.5) is 38.0 Å². The van der Waals surface area contributed by atoms with Gasteiger partial charge < -0.3 is 19.9 Å². The summed E-state index contributed by atoms with van der Waals surface area (Å²) in [4.78, 5) is 34.1. The molecule has 0 fully saturated rings. The van der Waals surface area contributed by atoms with Crippen molar-refractivity contribution in [1.29, 1.82) is 0 Å². The monoisotopic (exact) mass is 521 g/mol. The largest absolute Gasteiger partial charge is 0.423 e. The fourth-order valence-electron chi connectivity index (χ4n) is 3.18. The molecule has 3 rings (SSSR count). The highest BCUT2D eigenvalue weighted by atomic mass is 19.4. The second kappa shape index (κ2) is 10.9. The van der Waals surface area contributed by atoms with Gasteiger partial charge in [0.05, 0.1) is 37.1 Å². The third-order valence-electron chi connectivity index (χ3n) is 4.92. The number of aromatic nitrogens is 4. The summed E-state index contributed by atoms with van der Waals surface area (Å²) < 4.78 is 82.5. The fraction of sp³-hybridized carbons (Fsp3) is 0.450. The predicted octanol–water partition coefficient (Wildman–Crippen LogP) is 2.62. The molecule has 2 aromatic rings. The number of aromatic amines is 1. The summed E-state index contributed by atoms with van der Waals surface area (Å²) in [5.74, 6) is -0.238. The first-order valence-electron chi connectivity index (χ1n) is 10.5. The van der Waals surface area contributed by atoms with Crippen LogP contribution < -0.4 is 15.8 Å². The Hall–Kier alpha value is -3.69. The smallest absolute Gasteiger partial charge is 0.379 e. The number of halogens is 6. The number of nitrogens with one attached hydrogen (secondary N) is 2. The summed E-state index contributed by atoms with van der Waals surface area (Å²) in [6.07, 6.45) is -4.32. The van der Waals surface area contributed by atoms with Crippen molar-refractivity contribution in [2.24, 2.45) is 0 Å². The predicted molar refractivity (Wildman–Crippen MR) is 114 cm³/mol. The lowest BCUT2D eigenvalue weighted by atomic mass is 10.2. The second-order valence-corrected chi connectivity index (χ2v) is 7.70. The Morgan fingerprint density at radius 2 is 1.81 bits per heavy atom. The van der Waals surface area contributed by atoms with Crippen molar-refractivity contribution in [3.63, 3.8) is 0 Å².